The van der Waals surface area contributed by atoms with E-state index in [0.29, 0.717) is 0 Å². The van der Waals surface area contributed by atoms with Crippen molar-refractivity contribution in [2.75, 3.05) is 5.32 Å². The highest BCUT2D eigenvalue weighted by molar-refractivity contribution is 5.93. The lowest BCUT2D eigenvalue weighted by atomic mass is 9.98. The molecule has 2 aromatic rings. The quantitative estimate of drug-likeness (QED) is 0.665. The number of anilines is 1. The minimum Gasteiger partial charge on any atom is -0.388 e. The second kappa shape index (κ2) is 5.61. The highest BCUT2D eigenvalue weighted by Crippen LogP contribution is 2.27. The van der Waals surface area contributed by atoms with Crippen molar-refractivity contribution >= 4 is 16.5 Å². The molecular weight excluding hydrogens is 270 g/mol. The summed E-state index contributed by atoms with van der Waals surface area (Å²) < 4.78 is 5.56. The Bertz CT molecular complexity index is 627. The number of rotatable bonds is 2. The first-order valence-electron chi connectivity index (χ1n) is 7.02. The van der Waals surface area contributed by atoms with E-state index in [1.807, 2.05) is 42.5 Å². The van der Waals surface area contributed by atoms with E-state index in [2.05, 4.69) is 5.32 Å². The molecule has 0 radical (unpaired) electrons. The van der Waals surface area contributed by atoms with Crippen LogP contribution < -0.4 is 5.32 Å². The van der Waals surface area contributed by atoms with Crippen LogP contribution in [0.5, 0.6) is 0 Å². The maximum Gasteiger partial charge on any atom is 0.157 e. The van der Waals surface area contributed by atoms with Crippen LogP contribution in [0.4, 0.5) is 5.69 Å². The summed E-state index contributed by atoms with van der Waals surface area (Å²) in [7, 11) is 0. The van der Waals surface area contributed by atoms with Crippen molar-refractivity contribution in [2.45, 2.75) is 37.6 Å². The van der Waals surface area contributed by atoms with Crippen LogP contribution in [0.15, 0.2) is 42.5 Å². The predicted molar refractivity (Wildman–Crippen MR) is 79.9 cm³/mol. The van der Waals surface area contributed by atoms with E-state index in [4.69, 9.17) is 4.74 Å². The molecule has 0 bridgehead atoms. The molecule has 0 aliphatic carbocycles. The first kappa shape index (κ1) is 14.3. The minimum absolute atomic E-state index is 0.559. The van der Waals surface area contributed by atoms with Gasteiger partial charge in [-0.2, -0.15) is 0 Å². The summed E-state index contributed by atoms with van der Waals surface area (Å²) in [6, 6.07) is 13.7. The predicted octanol–water partition coefficient (Wildman–Crippen LogP) is 1.08. The van der Waals surface area contributed by atoms with Gasteiger partial charge in [0.1, 0.15) is 18.3 Å². The Labute approximate surface area is 122 Å². The smallest absolute Gasteiger partial charge is 0.157 e. The van der Waals surface area contributed by atoms with Gasteiger partial charge in [-0.05, 0) is 18.4 Å². The summed E-state index contributed by atoms with van der Waals surface area (Å²) in [5.41, 5.74) is 0.813. The molecule has 1 aliphatic rings. The van der Waals surface area contributed by atoms with Gasteiger partial charge >= 0.3 is 0 Å². The van der Waals surface area contributed by atoms with Gasteiger partial charge in [-0.15, -0.1) is 0 Å². The zero-order valence-electron chi connectivity index (χ0n) is 11.7. The van der Waals surface area contributed by atoms with Crippen molar-refractivity contribution in [3.63, 3.8) is 0 Å². The average molecular weight is 289 g/mol. The van der Waals surface area contributed by atoms with E-state index < -0.39 is 30.6 Å². The third-order valence-electron chi connectivity index (χ3n) is 3.94. The summed E-state index contributed by atoms with van der Waals surface area (Å²) in [5, 5.41) is 34.8. The summed E-state index contributed by atoms with van der Waals surface area (Å²) in [5.74, 6) is 0. The average Bonchev–Trinajstić information content (AvgIpc) is 2.51. The van der Waals surface area contributed by atoms with Gasteiger partial charge in [-0.1, -0.05) is 36.4 Å². The van der Waals surface area contributed by atoms with Gasteiger partial charge in [0.05, 0.1) is 6.10 Å². The fraction of sp³-hybridized carbons (Fsp3) is 0.375. The second-order valence-corrected chi connectivity index (χ2v) is 5.40. The van der Waals surface area contributed by atoms with Crippen LogP contribution in [0.1, 0.15) is 6.92 Å². The molecule has 1 saturated heterocycles. The van der Waals surface area contributed by atoms with Crippen molar-refractivity contribution < 1.29 is 20.1 Å². The number of ether oxygens (including phenoxy) is 1. The van der Waals surface area contributed by atoms with E-state index in [-0.39, 0.29) is 0 Å². The number of aliphatic hydroxyl groups is 3. The van der Waals surface area contributed by atoms with Crippen LogP contribution in [-0.2, 0) is 4.74 Å². The number of benzene rings is 2. The summed E-state index contributed by atoms with van der Waals surface area (Å²) >= 11 is 0. The van der Waals surface area contributed by atoms with Crippen molar-refractivity contribution in [2.24, 2.45) is 0 Å². The lowest BCUT2D eigenvalue weighted by Crippen LogP contribution is -2.58. The van der Waals surface area contributed by atoms with Crippen LogP contribution in [0, 0.1) is 0 Å². The Kier molecular flexibility index (Phi) is 3.82. The fourth-order valence-electron chi connectivity index (χ4n) is 2.67. The Hall–Kier alpha value is -1.66. The molecule has 1 fully saturated rings. The third-order valence-corrected chi connectivity index (χ3v) is 3.94. The van der Waals surface area contributed by atoms with Gasteiger partial charge < -0.3 is 25.4 Å². The summed E-state index contributed by atoms with van der Waals surface area (Å²) in [4.78, 5) is 0. The molecule has 0 spiro atoms. The van der Waals surface area contributed by atoms with E-state index in [1.54, 1.807) is 6.92 Å². The van der Waals surface area contributed by atoms with Crippen molar-refractivity contribution in [1.29, 1.82) is 0 Å². The lowest BCUT2D eigenvalue weighted by Gasteiger charge is -2.40. The first-order valence-corrected chi connectivity index (χ1v) is 7.02. The van der Waals surface area contributed by atoms with Crippen LogP contribution in [0.2, 0.25) is 0 Å². The minimum atomic E-state index is -1.23. The zero-order valence-corrected chi connectivity index (χ0v) is 11.7. The Balaban J connectivity index is 1.88. The molecule has 0 saturated carbocycles. The molecule has 0 unspecified atom stereocenters. The van der Waals surface area contributed by atoms with Gasteiger partial charge in [0.25, 0.3) is 0 Å². The molecule has 5 nitrogen and oxygen atoms in total. The van der Waals surface area contributed by atoms with Gasteiger partial charge in [0, 0.05) is 11.1 Å². The summed E-state index contributed by atoms with van der Waals surface area (Å²) in [6.45, 7) is 1.66. The fourth-order valence-corrected chi connectivity index (χ4v) is 2.67. The van der Waals surface area contributed by atoms with E-state index in [1.165, 1.54) is 0 Å². The van der Waals surface area contributed by atoms with E-state index >= 15 is 0 Å². The van der Waals surface area contributed by atoms with Crippen LogP contribution >= 0.6 is 0 Å². The highest BCUT2D eigenvalue weighted by Gasteiger charge is 2.41. The van der Waals surface area contributed by atoms with Crippen molar-refractivity contribution in [3.8, 4) is 0 Å². The van der Waals surface area contributed by atoms with Crippen LogP contribution in [0.3, 0.4) is 0 Å². The maximum absolute atomic E-state index is 10.1. The number of hydrogen-bond acceptors (Lipinski definition) is 5. The zero-order chi connectivity index (χ0) is 15.0. The van der Waals surface area contributed by atoms with E-state index in [0.717, 1.165) is 16.5 Å². The number of aliphatic hydroxyl groups excluding tert-OH is 3. The van der Waals surface area contributed by atoms with Gasteiger partial charge in [0.2, 0.25) is 0 Å². The molecule has 1 aliphatic heterocycles. The molecular formula is C16H19NO4. The highest BCUT2D eigenvalue weighted by atomic mass is 16.5. The molecule has 4 N–H and O–H groups in total. The molecule has 2 aromatic carbocycles. The number of fused-ring (bicyclic) bond motifs is 1. The normalized spacial score (nSPS) is 33.0. The van der Waals surface area contributed by atoms with Crippen molar-refractivity contribution in [1.82, 2.24) is 0 Å². The summed E-state index contributed by atoms with van der Waals surface area (Å²) in [6.07, 6.45) is -4.86. The largest absolute Gasteiger partial charge is 0.388 e. The van der Waals surface area contributed by atoms with Gasteiger partial charge in [-0.3, -0.25) is 0 Å². The molecule has 1 heterocycles. The molecule has 112 valence electrons. The molecule has 0 amide bonds. The SMILES string of the molecule is C[C@@H]1O[C@@H](Nc2cccc3ccccc23)[C@H](O)[C@H](O)[C@H]1O. The number of hydrogen-bond donors (Lipinski definition) is 4. The monoisotopic (exact) mass is 289 g/mol. The van der Waals surface area contributed by atoms with Gasteiger partial charge in [0.15, 0.2) is 6.23 Å². The lowest BCUT2D eigenvalue weighted by molar-refractivity contribution is -0.209. The molecule has 5 atom stereocenters. The number of nitrogens with one attached hydrogen (secondary N) is 1. The standard InChI is InChI=1S/C16H19NO4/c1-9-13(18)14(19)15(20)16(21-9)17-12-8-4-6-10-5-2-3-7-11(10)12/h2-9,13-20H,1H3/t9-,13-,14+,15+,16+/m0/s1. The first-order chi connectivity index (χ1) is 10.1. The second-order valence-electron chi connectivity index (χ2n) is 5.40. The Morgan fingerprint density at radius 2 is 1.62 bits per heavy atom. The van der Waals surface area contributed by atoms with Gasteiger partial charge in [-0.25, -0.2) is 0 Å². The molecule has 3 rings (SSSR count). The van der Waals surface area contributed by atoms with Crippen LogP contribution in [0.25, 0.3) is 10.8 Å². The van der Waals surface area contributed by atoms with Crippen LogP contribution in [-0.4, -0.2) is 46.0 Å². The third kappa shape index (κ3) is 2.61. The Morgan fingerprint density at radius 3 is 2.43 bits per heavy atom. The maximum atomic E-state index is 10.1. The topological polar surface area (TPSA) is 82.0 Å². The molecule has 0 aromatic heterocycles. The van der Waals surface area contributed by atoms with Crippen molar-refractivity contribution in [3.05, 3.63) is 42.5 Å². The van der Waals surface area contributed by atoms with E-state index in [9.17, 15) is 15.3 Å². The molecule has 5 heteroatoms. The Morgan fingerprint density at radius 1 is 0.905 bits per heavy atom. The molecule has 21 heavy (non-hydrogen) atoms.